The van der Waals surface area contributed by atoms with Crippen LogP contribution in [-0.2, 0) is 20.5 Å². The van der Waals surface area contributed by atoms with Gasteiger partial charge < -0.3 is 9.64 Å². The first-order valence-corrected chi connectivity index (χ1v) is 13.3. The number of rotatable bonds is 7. The van der Waals surface area contributed by atoms with E-state index < -0.39 is 16.7 Å². The molecule has 1 saturated heterocycles. The molecule has 4 rings (SSSR count). The fourth-order valence-electron chi connectivity index (χ4n) is 5.32. The maximum absolute atomic E-state index is 14.7. The van der Waals surface area contributed by atoms with Crippen molar-refractivity contribution in [3.8, 4) is 0 Å². The van der Waals surface area contributed by atoms with Crippen molar-refractivity contribution in [2.75, 3.05) is 26.0 Å². The molecule has 0 radical (unpaired) electrons. The van der Waals surface area contributed by atoms with E-state index in [0.717, 1.165) is 37.7 Å². The molecule has 0 bridgehead atoms. The normalized spacial score (nSPS) is 31.0. The molecule has 3 unspecified atom stereocenters. The molecule has 1 N–H and O–H groups in total. The molecule has 2 aliphatic carbocycles. The average Bonchev–Trinajstić information content (AvgIpc) is 2.76. The molecular formula is C24H34F2N2O3S. The lowest BCUT2D eigenvalue weighted by atomic mass is 9.80. The molecule has 1 aromatic carbocycles. The molecule has 3 fully saturated rings. The van der Waals surface area contributed by atoms with Crippen molar-refractivity contribution in [3.05, 3.63) is 35.6 Å². The van der Waals surface area contributed by atoms with E-state index in [0.29, 0.717) is 44.9 Å². The number of hydrogen-bond donors (Lipinski definition) is 1. The number of piperidine rings is 1. The minimum absolute atomic E-state index is 0.0227. The lowest BCUT2D eigenvalue weighted by Crippen LogP contribution is -2.58. The van der Waals surface area contributed by atoms with Crippen LogP contribution in [0.4, 0.5) is 8.78 Å². The van der Waals surface area contributed by atoms with Crippen molar-refractivity contribution in [2.24, 2.45) is 5.92 Å². The van der Waals surface area contributed by atoms with E-state index >= 15 is 0 Å². The minimum Gasteiger partial charge on any atom is -0.378 e. The van der Waals surface area contributed by atoms with Gasteiger partial charge in [0.2, 0.25) is 0 Å². The topological polar surface area (TPSA) is 58.6 Å². The molecule has 3 atom stereocenters. The summed E-state index contributed by atoms with van der Waals surface area (Å²) in [5, 5.41) is 0. The Balaban J connectivity index is 1.31. The van der Waals surface area contributed by atoms with Gasteiger partial charge in [-0.05, 0) is 75.0 Å². The second-order valence-electron chi connectivity index (χ2n) is 9.66. The predicted molar refractivity (Wildman–Crippen MR) is 121 cm³/mol. The molecular weight excluding hydrogens is 434 g/mol. The summed E-state index contributed by atoms with van der Waals surface area (Å²) in [4.78, 5) is 14.3. The molecule has 5 nitrogen and oxygen atoms in total. The van der Waals surface area contributed by atoms with Gasteiger partial charge in [0.05, 0.1) is 23.7 Å². The summed E-state index contributed by atoms with van der Waals surface area (Å²) in [6.45, 7) is 1.36. The van der Waals surface area contributed by atoms with Crippen LogP contribution in [0.2, 0.25) is 0 Å². The van der Waals surface area contributed by atoms with Crippen molar-refractivity contribution in [3.63, 3.8) is 0 Å². The van der Waals surface area contributed by atoms with Gasteiger partial charge in [-0.1, -0.05) is 12.1 Å². The molecule has 0 aromatic heterocycles. The molecule has 32 heavy (non-hydrogen) atoms. The van der Waals surface area contributed by atoms with E-state index in [4.69, 9.17) is 4.74 Å². The highest BCUT2D eigenvalue weighted by atomic mass is 32.2. The summed E-state index contributed by atoms with van der Waals surface area (Å²) in [6, 6.07) is 6.83. The fourth-order valence-corrected chi connectivity index (χ4v) is 6.06. The highest BCUT2D eigenvalue weighted by Crippen LogP contribution is 2.39. The number of halogens is 2. The van der Waals surface area contributed by atoms with Gasteiger partial charge in [0, 0.05) is 31.3 Å². The van der Waals surface area contributed by atoms with Crippen LogP contribution in [0.5, 0.6) is 0 Å². The van der Waals surface area contributed by atoms with Gasteiger partial charge in [0.25, 0.3) is 5.91 Å². The zero-order chi connectivity index (χ0) is 22.7. The first-order valence-electron chi connectivity index (χ1n) is 11.8. The van der Waals surface area contributed by atoms with Crippen LogP contribution in [0.3, 0.4) is 0 Å². The Bertz CT molecular complexity index is 827. The van der Waals surface area contributed by atoms with E-state index in [1.165, 1.54) is 6.07 Å². The Morgan fingerprint density at radius 3 is 2.62 bits per heavy atom. The minimum atomic E-state index is -1.69. The van der Waals surface area contributed by atoms with Crippen LogP contribution in [0.15, 0.2) is 24.3 Å². The second-order valence-corrected chi connectivity index (χ2v) is 10.8. The first kappa shape index (κ1) is 23.8. The maximum Gasteiger partial charge on any atom is 0.260 e. The summed E-state index contributed by atoms with van der Waals surface area (Å²) in [7, 11) is -1.16. The lowest BCUT2D eigenvalue weighted by molar-refractivity contribution is -0.153. The SMILES string of the molecule is CS(=O)NC1CCN(C(=O)C2(F)CCC2)CC1COC1CCC(c2cccc(F)c2)CC1. The Morgan fingerprint density at radius 2 is 2.00 bits per heavy atom. The van der Waals surface area contributed by atoms with E-state index in [-0.39, 0.29) is 29.8 Å². The number of likely N-dealkylation sites (tertiary alicyclic amines) is 1. The summed E-state index contributed by atoms with van der Waals surface area (Å²) in [5.41, 5.74) is -0.634. The third kappa shape index (κ3) is 5.57. The monoisotopic (exact) mass is 468 g/mol. The van der Waals surface area contributed by atoms with Crippen LogP contribution in [0.1, 0.15) is 62.8 Å². The van der Waals surface area contributed by atoms with Gasteiger partial charge in [-0.2, -0.15) is 0 Å². The number of nitrogens with zero attached hydrogens (tertiary/aromatic N) is 1. The third-order valence-electron chi connectivity index (χ3n) is 7.41. The molecule has 8 heteroatoms. The van der Waals surface area contributed by atoms with Gasteiger partial charge in [-0.3, -0.25) is 4.79 Å². The Morgan fingerprint density at radius 1 is 1.25 bits per heavy atom. The van der Waals surface area contributed by atoms with E-state index in [9.17, 15) is 17.8 Å². The largest absolute Gasteiger partial charge is 0.378 e. The Hall–Kier alpha value is -1.38. The molecule has 3 aliphatic rings. The smallest absolute Gasteiger partial charge is 0.260 e. The van der Waals surface area contributed by atoms with Gasteiger partial charge >= 0.3 is 0 Å². The number of carbonyl (C=O) groups excluding carboxylic acids is 1. The van der Waals surface area contributed by atoms with Crippen LogP contribution in [-0.4, -0.2) is 58.8 Å². The number of alkyl halides is 1. The summed E-state index contributed by atoms with van der Waals surface area (Å²) >= 11 is 0. The molecule has 2 saturated carbocycles. The summed E-state index contributed by atoms with van der Waals surface area (Å²) in [6.07, 6.45) is 7.48. The lowest BCUT2D eigenvalue weighted by Gasteiger charge is -2.43. The van der Waals surface area contributed by atoms with Crippen molar-refractivity contribution < 1.29 is 22.5 Å². The molecule has 1 aromatic rings. The van der Waals surface area contributed by atoms with Gasteiger partial charge in [-0.25, -0.2) is 17.7 Å². The maximum atomic E-state index is 14.7. The molecule has 1 amide bonds. The number of benzene rings is 1. The highest BCUT2D eigenvalue weighted by Gasteiger charge is 2.48. The second kappa shape index (κ2) is 10.3. The zero-order valence-electron chi connectivity index (χ0n) is 18.7. The summed E-state index contributed by atoms with van der Waals surface area (Å²) < 4.78 is 49.4. The quantitative estimate of drug-likeness (QED) is 0.661. The van der Waals surface area contributed by atoms with Crippen LogP contribution < -0.4 is 4.72 Å². The van der Waals surface area contributed by atoms with Gasteiger partial charge in [-0.15, -0.1) is 0 Å². The molecule has 1 heterocycles. The van der Waals surface area contributed by atoms with E-state index in [2.05, 4.69) is 4.72 Å². The van der Waals surface area contributed by atoms with Crippen LogP contribution in [0, 0.1) is 11.7 Å². The van der Waals surface area contributed by atoms with E-state index in [1.807, 2.05) is 6.07 Å². The number of nitrogens with one attached hydrogen (secondary N) is 1. The van der Waals surface area contributed by atoms with Crippen molar-refractivity contribution in [2.45, 2.75) is 75.1 Å². The highest BCUT2D eigenvalue weighted by molar-refractivity contribution is 7.82. The Kier molecular flexibility index (Phi) is 7.62. The van der Waals surface area contributed by atoms with Crippen molar-refractivity contribution in [1.82, 2.24) is 9.62 Å². The first-order chi connectivity index (χ1) is 15.3. The van der Waals surface area contributed by atoms with Crippen molar-refractivity contribution >= 4 is 16.9 Å². The van der Waals surface area contributed by atoms with Gasteiger partial charge in [0.15, 0.2) is 5.67 Å². The summed E-state index contributed by atoms with van der Waals surface area (Å²) in [5.74, 6) is -0.253. The zero-order valence-corrected chi connectivity index (χ0v) is 19.5. The fraction of sp³-hybridized carbons (Fsp3) is 0.708. The number of amides is 1. The van der Waals surface area contributed by atoms with E-state index in [1.54, 1.807) is 23.3 Å². The molecule has 1 aliphatic heterocycles. The Labute approximate surface area is 191 Å². The molecule has 178 valence electrons. The average molecular weight is 469 g/mol. The van der Waals surface area contributed by atoms with Crippen LogP contribution in [0.25, 0.3) is 0 Å². The van der Waals surface area contributed by atoms with Gasteiger partial charge in [0.1, 0.15) is 5.82 Å². The number of hydrogen-bond acceptors (Lipinski definition) is 3. The predicted octanol–water partition coefficient (Wildman–Crippen LogP) is 3.86. The number of ether oxygens (including phenoxy) is 1. The standard InChI is InChI=1S/C24H34F2N2O3S/c1-32(30)27-22-10-13-28(23(29)24(26)11-3-12-24)15-19(22)16-31-21-8-6-17(7-9-21)18-4-2-5-20(25)14-18/h2,4-5,14,17,19,21-22,27H,3,6-13,15-16H2,1H3. The third-order valence-corrected chi connectivity index (χ3v) is 8.04. The number of carbonyl (C=O) groups is 1. The molecule has 0 spiro atoms. The van der Waals surface area contributed by atoms with Crippen LogP contribution >= 0.6 is 0 Å². The van der Waals surface area contributed by atoms with Crippen molar-refractivity contribution in [1.29, 1.82) is 0 Å².